The number of benzene rings is 2. The van der Waals surface area contributed by atoms with Crippen LogP contribution in [-0.2, 0) is 4.79 Å². The minimum absolute atomic E-state index is 0.0409. The van der Waals surface area contributed by atoms with E-state index < -0.39 is 11.6 Å². The minimum atomic E-state index is -0.913. The van der Waals surface area contributed by atoms with Crippen LogP contribution >= 0.6 is 0 Å². The Morgan fingerprint density at radius 1 is 1.08 bits per heavy atom. The Morgan fingerprint density at radius 3 is 2.45 bits per heavy atom. The number of fused-ring (bicyclic) bond motifs is 1. The Labute approximate surface area is 215 Å². The van der Waals surface area contributed by atoms with Gasteiger partial charge in [0.25, 0.3) is 0 Å². The van der Waals surface area contributed by atoms with Crippen molar-refractivity contribution in [3.63, 3.8) is 0 Å². The van der Waals surface area contributed by atoms with Gasteiger partial charge < -0.3 is 15.8 Å². The molecule has 3 heterocycles. The van der Waals surface area contributed by atoms with Crippen molar-refractivity contribution < 1.29 is 18.3 Å². The second-order valence-corrected chi connectivity index (χ2v) is 8.35. The van der Waals surface area contributed by atoms with Crippen LogP contribution in [0.2, 0.25) is 0 Å². The first-order valence-corrected chi connectivity index (χ1v) is 11.4. The molecule has 0 aliphatic rings. The standard InChI is InChI=1S/C27H21F2N7O2/c1-4-21(37)35-17-7-5-16(6-8-17)23-15(3)22-25(26(30)33-13-32-22)36(23)24-19(28)11-18(12-20(24)29)38-27-31-10-9-14(2)34-27/h4-13H,1H2,2-3H3,(H,35,37)(H2,30,32,33). The highest BCUT2D eigenvalue weighted by molar-refractivity contribution is 5.99. The molecule has 0 spiro atoms. The second-order valence-electron chi connectivity index (χ2n) is 8.35. The Balaban J connectivity index is 1.68. The van der Waals surface area contributed by atoms with E-state index in [2.05, 4.69) is 31.8 Å². The van der Waals surface area contributed by atoms with Gasteiger partial charge in [0.1, 0.15) is 23.3 Å². The van der Waals surface area contributed by atoms with Crippen LogP contribution in [0, 0.1) is 25.5 Å². The zero-order valence-electron chi connectivity index (χ0n) is 20.4. The summed E-state index contributed by atoms with van der Waals surface area (Å²) in [5.41, 5.74) is 9.31. The van der Waals surface area contributed by atoms with E-state index in [0.717, 1.165) is 18.2 Å². The molecule has 1 amide bonds. The van der Waals surface area contributed by atoms with Crippen molar-refractivity contribution in [1.82, 2.24) is 24.5 Å². The number of amides is 1. The first-order chi connectivity index (χ1) is 18.3. The maximum absolute atomic E-state index is 15.7. The highest BCUT2D eigenvalue weighted by Gasteiger charge is 2.25. The summed E-state index contributed by atoms with van der Waals surface area (Å²) in [6.07, 6.45) is 3.93. The molecule has 11 heteroatoms. The summed E-state index contributed by atoms with van der Waals surface area (Å²) in [5.74, 6) is -2.26. The maximum atomic E-state index is 15.7. The predicted octanol–water partition coefficient (Wildman–Crippen LogP) is 5.27. The van der Waals surface area contributed by atoms with Crippen LogP contribution < -0.4 is 15.8 Å². The minimum Gasteiger partial charge on any atom is -0.424 e. The Hall–Kier alpha value is -5.19. The molecule has 0 bridgehead atoms. The van der Waals surface area contributed by atoms with Gasteiger partial charge >= 0.3 is 6.01 Å². The molecule has 0 aliphatic carbocycles. The Kier molecular flexibility index (Phi) is 6.25. The molecule has 5 aromatic rings. The molecule has 0 fully saturated rings. The fourth-order valence-corrected chi connectivity index (χ4v) is 4.15. The van der Waals surface area contributed by atoms with Gasteiger partial charge in [-0.05, 0) is 43.7 Å². The van der Waals surface area contributed by atoms with Gasteiger partial charge in [-0.2, -0.15) is 0 Å². The number of hydrogen-bond acceptors (Lipinski definition) is 7. The van der Waals surface area contributed by atoms with Crippen LogP contribution in [0.5, 0.6) is 11.8 Å². The van der Waals surface area contributed by atoms with Gasteiger partial charge in [0.15, 0.2) is 17.5 Å². The average molecular weight is 514 g/mol. The van der Waals surface area contributed by atoms with Crippen molar-refractivity contribution >= 4 is 28.4 Å². The largest absolute Gasteiger partial charge is 0.424 e. The van der Waals surface area contributed by atoms with E-state index in [1.54, 1.807) is 44.2 Å². The number of carbonyl (C=O) groups excluding carboxylic acids is 1. The lowest BCUT2D eigenvalue weighted by Crippen LogP contribution is -2.08. The quantitative estimate of drug-likeness (QED) is 0.297. The number of nitrogens with one attached hydrogen (secondary N) is 1. The summed E-state index contributed by atoms with van der Waals surface area (Å²) < 4.78 is 38.2. The molecule has 0 saturated heterocycles. The third kappa shape index (κ3) is 4.41. The number of rotatable bonds is 6. The van der Waals surface area contributed by atoms with E-state index in [1.165, 1.54) is 17.1 Å². The lowest BCUT2D eigenvalue weighted by atomic mass is 10.1. The van der Waals surface area contributed by atoms with Gasteiger partial charge in [0.05, 0.1) is 11.2 Å². The van der Waals surface area contributed by atoms with Crippen molar-refractivity contribution in [2.24, 2.45) is 0 Å². The summed E-state index contributed by atoms with van der Waals surface area (Å²) in [6.45, 7) is 6.95. The number of nitrogens with zero attached hydrogens (tertiary/aromatic N) is 5. The van der Waals surface area contributed by atoms with Gasteiger partial charge in [-0.25, -0.2) is 28.7 Å². The molecular weight excluding hydrogens is 492 g/mol. The molecule has 0 radical (unpaired) electrons. The first-order valence-electron chi connectivity index (χ1n) is 11.4. The molecule has 0 unspecified atom stereocenters. The van der Waals surface area contributed by atoms with E-state index in [4.69, 9.17) is 10.5 Å². The number of nitrogens with two attached hydrogens (primary N) is 1. The number of nitrogen functional groups attached to an aromatic ring is 1. The number of halogens is 2. The topological polar surface area (TPSA) is 121 Å². The molecule has 2 aromatic carbocycles. The first kappa shape index (κ1) is 24.5. The molecule has 190 valence electrons. The van der Waals surface area contributed by atoms with Crippen LogP contribution in [0.1, 0.15) is 11.3 Å². The van der Waals surface area contributed by atoms with Crippen LogP contribution in [0.4, 0.5) is 20.3 Å². The molecule has 0 saturated carbocycles. The van der Waals surface area contributed by atoms with Crippen molar-refractivity contribution in [1.29, 1.82) is 0 Å². The van der Waals surface area contributed by atoms with Crippen molar-refractivity contribution in [2.75, 3.05) is 11.1 Å². The van der Waals surface area contributed by atoms with Crippen LogP contribution in [0.3, 0.4) is 0 Å². The fourth-order valence-electron chi connectivity index (χ4n) is 4.15. The number of aromatic nitrogens is 5. The molecule has 0 aliphatic heterocycles. The summed E-state index contributed by atoms with van der Waals surface area (Å²) in [5, 5.41) is 2.66. The van der Waals surface area contributed by atoms with Crippen LogP contribution in [0.15, 0.2) is 67.6 Å². The smallest absolute Gasteiger partial charge is 0.322 e. The lowest BCUT2D eigenvalue weighted by Gasteiger charge is -2.15. The molecular formula is C27H21F2N7O2. The molecule has 0 atom stereocenters. The number of ether oxygens (including phenoxy) is 1. The average Bonchev–Trinajstić information content (AvgIpc) is 3.17. The second kappa shape index (κ2) is 9.69. The van der Waals surface area contributed by atoms with Crippen LogP contribution in [-0.4, -0.2) is 30.4 Å². The normalized spacial score (nSPS) is 10.9. The Bertz CT molecular complexity index is 1690. The summed E-state index contributed by atoms with van der Waals surface area (Å²) in [6, 6.07) is 10.5. The zero-order chi connectivity index (χ0) is 27.0. The van der Waals surface area contributed by atoms with Gasteiger partial charge in [-0.15, -0.1) is 0 Å². The summed E-state index contributed by atoms with van der Waals surface area (Å²) in [4.78, 5) is 28.1. The highest BCUT2D eigenvalue weighted by Crippen LogP contribution is 2.39. The number of anilines is 2. The fraction of sp³-hybridized carbons (Fsp3) is 0.0741. The monoisotopic (exact) mass is 513 g/mol. The van der Waals surface area contributed by atoms with Crippen molar-refractivity contribution in [3.05, 3.63) is 90.5 Å². The maximum Gasteiger partial charge on any atom is 0.322 e. The molecule has 5 rings (SSSR count). The SMILES string of the molecule is C=CC(=O)Nc1ccc(-c2c(C)c3ncnc(N)c3n2-c2c(F)cc(Oc3nccc(C)n3)cc2F)cc1. The van der Waals surface area contributed by atoms with Gasteiger partial charge in [-0.1, -0.05) is 18.7 Å². The van der Waals surface area contributed by atoms with E-state index in [-0.39, 0.29) is 34.7 Å². The zero-order valence-corrected chi connectivity index (χ0v) is 20.4. The van der Waals surface area contributed by atoms with Gasteiger partial charge in [0, 0.05) is 35.3 Å². The third-order valence-electron chi connectivity index (χ3n) is 5.82. The van der Waals surface area contributed by atoms with Gasteiger partial charge in [-0.3, -0.25) is 9.36 Å². The van der Waals surface area contributed by atoms with Gasteiger partial charge in [0.2, 0.25) is 5.91 Å². The molecule has 9 nitrogen and oxygen atoms in total. The van der Waals surface area contributed by atoms with E-state index >= 15 is 8.78 Å². The molecule has 3 aromatic heterocycles. The number of aryl methyl sites for hydroxylation is 2. The number of hydrogen-bond donors (Lipinski definition) is 2. The van der Waals surface area contributed by atoms with E-state index in [9.17, 15) is 4.79 Å². The van der Waals surface area contributed by atoms with Crippen LogP contribution in [0.25, 0.3) is 28.0 Å². The summed E-state index contributed by atoms with van der Waals surface area (Å²) >= 11 is 0. The third-order valence-corrected chi connectivity index (χ3v) is 5.82. The number of carbonyl (C=O) groups is 1. The van der Waals surface area contributed by atoms with Crippen molar-refractivity contribution in [2.45, 2.75) is 13.8 Å². The lowest BCUT2D eigenvalue weighted by molar-refractivity contribution is -0.111. The Morgan fingerprint density at radius 2 is 1.79 bits per heavy atom. The predicted molar refractivity (Wildman–Crippen MR) is 139 cm³/mol. The molecule has 38 heavy (non-hydrogen) atoms. The van der Waals surface area contributed by atoms with E-state index in [1.807, 2.05) is 0 Å². The summed E-state index contributed by atoms with van der Waals surface area (Å²) in [7, 11) is 0. The molecule has 3 N–H and O–H groups in total. The van der Waals surface area contributed by atoms with Crippen molar-refractivity contribution in [3.8, 4) is 28.7 Å². The highest BCUT2D eigenvalue weighted by atomic mass is 19.1. The van der Waals surface area contributed by atoms with E-state index in [0.29, 0.717) is 33.7 Å².